The van der Waals surface area contributed by atoms with Crippen LogP contribution in [0.25, 0.3) is 11.1 Å². The number of hydrogen-bond acceptors (Lipinski definition) is 1. The molecule has 2 aromatic carbocycles. The Hall–Kier alpha value is -1.47. The van der Waals surface area contributed by atoms with E-state index in [1.807, 2.05) is 18.2 Å². The Morgan fingerprint density at radius 2 is 1.82 bits per heavy atom. The number of anilines is 1. The Morgan fingerprint density at radius 3 is 2.53 bits per heavy atom. The molecule has 88 valence electrons. The van der Waals surface area contributed by atoms with Crippen molar-refractivity contribution in [3.8, 4) is 11.1 Å². The largest absolute Gasteiger partial charge is 0.398 e. The van der Waals surface area contributed by atoms with Crippen LogP contribution in [0.5, 0.6) is 0 Å². The van der Waals surface area contributed by atoms with Gasteiger partial charge in [0, 0.05) is 0 Å². The monoisotopic (exact) mass is 245 g/mol. The highest BCUT2D eigenvalue weighted by molar-refractivity contribution is 6.33. The summed E-state index contributed by atoms with van der Waals surface area (Å²) >= 11 is 5.92. The molecule has 0 aliphatic rings. The van der Waals surface area contributed by atoms with Gasteiger partial charge in [0.1, 0.15) is 0 Å². The first-order valence-electron chi connectivity index (χ1n) is 5.85. The minimum Gasteiger partial charge on any atom is -0.398 e. The van der Waals surface area contributed by atoms with Crippen molar-refractivity contribution in [2.45, 2.75) is 19.8 Å². The fourth-order valence-corrected chi connectivity index (χ4v) is 2.04. The van der Waals surface area contributed by atoms with E-state index in [4.69, 9.17) is 17.3 Å². The topological polar surface area (TPSA) is 26.0 Å². The summed E-state index contributed by atoms with van der Waals surface area (Å²) in [5.41, 5.74) is 10.1. The molecule has 2 rings (SSSR count). The average Bonchev–Trinajstić information content (AvgIpc) is 2.33. The summed E-state index contributed by atoms with van der Waals surface area (Å²) < 4.78 is 0. The predicted octanol–water partition coefficient (Wildman–Crippen LogP) is 4.54. The van der Waals surface area contributed by atoms with Crippen LogP contribution < -0.4 is 5.73 Å². The number of rotatable bonds is 3. The summed E-state index contributed by atoms with van der Waals surface area (Å²) in [6.07, 6.45) is 2.27. The van der Waals surface area contributed by atoms with E-state index < -0.39 is 0 Å². The van der Waals surface area contributed by atoms with Crippen LogP contribution in [-0.4, -0.2) is 0 Å². The molecule has 2 N–H and O–H groups in total. The normalized spacial score (nSPS) is 10.5. The summed E-state index contributed by atoms with van der Waals surface area (Å²) in [5.74, 6) is 0. The van der Waals surface area contributed by atoms with Crippen molar-refractivity contribution < 1.29 is 0 Å². The molecule has 0 aliphatic heterocycles. The van der Waals surface area contributed by atoms with E-state index in [9.17, 15) is 0 Å². The molecule has 2 aromatic rings. The number of hydrogen-bond donors (Lipinski definition) is 1. The molecule has 0 amide bonds. The van der Waals surface area contributed by atoms with Crippen molar-refractivity contribution in [2.24, 2.45) is 0 Å². The maximum absolute atomic E-state index is 5.92. The second-order valence-corrected chi connectivity index (χ2v) is 4.59. The summed E-state index contributed by atoms with van der Waals surface area (Å²) in [5, 5.41) is 0.610. The summed E-state index contributed by atoms with van der Waals surface area (Å²) in [6, 6.07) is 14.3. The molecule has 2 heteroatoms. The van der Waals surface area contributed by atoms with Gasteiger partial charge in [-0.15, -0.1) is 0 Å². The second kappa shape index (κ2) is 5.24. The van der Waals surface area contributed by atoms with E-state index in [1.54, 1.807) is 0 Å². The molecule has 1 nitrogen and oxygen atoms in total. The maximum atomic E-state index is 5.92. The van der Waals surface area contributed by atoms with Crippen LogP contribution in [0.4, 0.5) is 5.69 Å². The molecule has 17 heavy (non-hydrogen) atoms. The molecule has 0 unspecified atom stereocenters. The van der Waals surface area contributed by atoms with Crippen molar-refractivity contribution >= 4 is 17.3 Å². The van der Waals surface area contributed by atoms with E-state index in [2.05, 4.69) is 31.2 Å². The zero-order valence-corrected chi connectivity index (χ0v) is 10.7. The van der Waals surface area contributed by atoms with Gasteiger partial charge in [-0.05, 0) is 35.2 Å². The lowest BCUT2D eigenvalue weighted by molar-refractivity contribution is 0.922. The Bertz CT molecular complexity index is 520. The van der Waals surface area contributed by atoms with E-state index in [-0.39, 0.29) is 0 Å². The van der Waals surface area contributed by atoms with Crippen LogP contribution in [-0.2, 0) is 6.42 Å². The molecule has 0 bridgehead atoms. The molecule has 0 saturated carbocycles. The van der Waals surface area contributed by atoms with Crippen LogP contribution in [0.15, 0.2) is 42.5 Å². The van der Waals surface area contributed by atoms with Crippen molar-refractivity contribution in [1.29, 1.82) is 0 Å². The first-order chi connectivity index (χ1) is 8.20. The third-order valence-corrected chi connectivity index (χ3v) is 3.14. The third kappa shape index (κ3) is 2.80. The average molecular weight is 246 g/mol. The minimum absolute atomic E-state index is 0.610. The van der Waals surface area contributed by atoms with Crippen molar-refractivity contribution in [3.05, 3.63) is 53.1 Å². The molecule has 0 aliphatic carbocycles. The van der Waals surface area contributed by atoms with E-state index in [0.29, 0.717) is 10.7 Å². The Labute approximate surface area is 107 Å². The van der Waals surface area contributed by atoms with Gasteiger partial charge in [0.2, 0.25) is 0 Å². The molecular weight excluding hydrogens is 230 g/mol. The van der Waals surface area contributed by atoms with Gasteiger partial charge in [-0.2, -0.15) is 0 Å². The molecule has 0 saturated heterocycles. The second-order valence-electron chi connectivity index (χ2n) is 4.19. The van der Waals surface area contributed by atoms with Crippen LogP contribution in [0, 0.1) is 0 Å². The van der Waals surface area contributed by atoms with Gasteiger partial charge in [-0.1, -0.05) is 55.3 Å². The van der Waals surface area contributed by atoms with Crippen molar-refractivity contribution in [3.63, 3.8) is 0 Å². The highest BCUT2D eigenvalue weighted by atomic mass is 35.5. The molecule has 0 atom stereocenters. The molecule has 0 aromatic heterocycles. The van der Waals surface area contributed by atoms with Crippen LogP contribution >= 0.6 is 11.6 Å². The van der Waals surface area contributed by atoms with Crippen LogP contribution in [0.1, 0.15) is 18.9 Å². The van der Waals surface area contributed by atoms with Gasteiger partial charge < -0.3 is 5.73 Å². The third-order valence-electron chi connectivity index (χ3n) is 2.79. The van der Waals surface area contributed by atoms with E-state index in [1.165, 1.54) is 11.1 Å². The molecular formula is C15H16ClN. The zero-order valence-electron chi connectivity index (χ0n) is 9.91. The molecule has 0 fully saturated rings. The van der Waals surface area contributed by atoms with Gasteiger partial charge in [0.05, 0.1) is 10.7 Å². The summed E-state index contributed by atoms with van der Waals surface area (Å²) in [6.45, 7) is 2.19. The fraction of sp³-hybridized carbons (Fsp3) is 0.200. The Morgan fingerprint density at radius 1 is 1.06 bits per heavy atom. The highest BCUT2D eigenvalue weighted by Gasteiger charge is 2.02. The quantitative estimate of drug-likeness (QED) is 0.790. The lowest BCUT2D eigenvalue weighted by atomic mass is 10.0. The van der Waals surface area contributed by atoms with Crippen LogP contribution in [0.2, 0.25) is 5.02 Å². The van der Waals surface area contributed by atoms with Gasteiger partial charge in [0.25, 0.3) is 0 Å². The van der Waals surface area contributed by atoms with Crippen LogP contribution in [0.3, 0.4) is 0 Å². The lowest BCUT2D eigenvalue weighted by Crippen LogP contribution is -1.88. The first-order valence-corrected chi connectivity index (χ1v) is 6.23. The smallest absolute Gasteiger partial charge is 0.0635 e. The number of aryl methyl sites for hydroxylation is 1. The number of benzene rings is 2. The van der Waals surface area contributed by atoms with Gasteiger partial charge in [-0.3, -0.25) is 0 Å². The summed E-state index contributed by atoms with van der Waals surface area (Å²) in [4.78, 5) is 0. The fourth-order valence-electron chi connectivity index (χ4n) is 1.92. The van der Waals surface area contributed by atoms with E-state index >= 15 is 0 Å². The standard InChI is InChI=1S/C15H16ClN/c1-2-4-11-5-3-6-12(9-11)13-7-8-14(16)15(17)10-13/h3,5-10H,2,4,17H2,1H3. The minimum atomic E-state index is 0.610. The van der Waals surface area contributed by atoms with Crippen molar-refractivity contribution in [2.75, 3.05) is 5.73 Å². The predicted molar refractivity (Wildman–Crippen MR) is 75.3 cm³/mol. The number of nitrogen functional groups attached to an aromatic ring is 1. The first kappa shape index (κ1) is 12.0. The Kier molecular flexibility index (Phi) is 3.70. The van der Waals surface area contributed by atoms with Gasteiger partial charge in [0.15, 0.2) is 0 Å². The summed E-state index contributed by atoms with van der Waals surface area (Å²) in [7, 11) is 0. The van der Waals surface area contributed by atoms with Crippen molar-refractivity contribution in [1.82, 2.24) is 0 Å². The molecule has 0 radical (unpaired) electrons. The maximum Gasteiger partial charge on any atom is 0.0635 e. The lowest BCUT2D eigenvalue weighted by Gasteiger charge is -2.06. The zero-order chi connectivity index (χ0) is 12.3. The Balaban J connectivity index is 2.38. The van der Waals surface area contributed by atoms with E-state index in [0.717, 1.165) is 18.4 Å². The highest BCUT2D eigenvalue weighted by Crippen LogP contribution is 2.27. The number of nitrogens with two attached hydrogens (primary N) is 1. The van der Waals surface area contributed by atoms with Gasteiger partial charge >= 0.3 is 0 Å². The SMILES string of the molecule is CCCc1cccc(-c2ccc(Cl)c(N)c2)c1. The molecule has 0 spiro atoms. The molecule has 0 heterocycles. The number of halogens is 1. The van der Waals surface area contributed by atoms with Gasteiger partial charge in [-0.25, -0.2) is 0 Å².